The Kier molecular flexibility index (Phi) is 4.95. The van der Waals surface area contributed by atoms with Crippen LogP contribution in [0.15, 0.2) is 24.3 Å². The van der Waals surface area contributed by atoms with E-state index < -0.39 is 15.8 Å². The van der Waals surface area contributed by atoms with E-state index >= 15 is 0 Å². The molecule has 2 rings (SSSR count). The molecule has 0 saturated carbocycles. The molecule has 1 N–H and O–H groups in total. The molecule has 1 saturated heterocycles. The molecule has 1 aliphatic rings. The summed E-state index contributed by atoms with van der Waals surface area (Å²) < 4.78 is 39.5. The highest BCUT2D eigenvalue weighted by molar-refractivity contribution is 7.88. The molecule has 116 valence electrons. The Balaban J connectivity index is 2.02. The van der Waals surface area contributed by atoms with Gasteiger partial charge in [0.1, 0.15) is 5.82 Å². The minimum atomic E-state index is -3.55. The quantitative estimate of drug-likeness (QED) is 0.905. The Hall–Kier alpha value is -1.47. The summed E-state index contributed by atoms with van der Waals surface area (Å²) in [6.45, 7) is 0.601. The summed E-state index contributed by atoms with van der Waals surface area (Å²) in [5, 5.41) is 2.58. The fraction of sp³-hybridized carbons (Fsp3) is 0.500. The van der Waals surface area contributed by atoms with Crippen LogP contribution in [0, 0.1) is 11.7 Å². The highest BCUT2D eigenvalue weighted by Gasteiger charge is 2.31. The van der Waals surface area contributed by atoms with Gasteiger partial charge in [0, 0.05) is 31.6 Å². The lowest BCUT2D eigenvalue weighted by Gasteiger charge is -2.30. The standard InChI is InChI=1S/C14H19FN2O3S/c1-16-14(18)11-6-8-17(9-7-11)21(19,20)10-12-4-2-3-5-13(12)15/h2-5,11H,6-10H2,1H3,(H,16,18). The largest absolute Gasteiger partial charge is 0.359 e. The van der Waals surface area contributed by atoms with Crippen molar-refractivity contribution >= 4 is 15.9 Å². The Bertz CT molecular complexity index is 610. The van der Waals surface area contributed by atoms with Crippen LogP contribution in [0.3, 0.4) is 0 Å². The van der Waals surface area contributed by atoms with E-state index in [4.69, 9.17) is 0 Å². The van der Waals surface area contributed by atoms with E-state index in [-0.39, 0.29) is 23.1 Å². The van der Waals surface area contributed by atoms with Crippen LogP contribution in [-0.2, 0) is 20.6 Å². The van der Waals surface area contributed by atoms with Gasteiger partial charge in [-0.3, -0.25) is 4.79 Å². The normalized spacial score (nSPS) is 17.6. The van der Waals surface area contributed by atoms with Gasteiger partial charge in [-0.15, -0.1) is 0 Å². The van der Waals surface area contributed by atoms with Crippen molar-refractivity contribution in [2.45, 2.75) is 18.6 Å². The van der Waals surface area contributed by atoms with Crippen molar-refractivity contribution in [1.82, 2.24) is 9.62 Å². The summed E-state index contributed by atoms with van der Waals surface area (Å²) in [7, 11) is -1.98. The van der Waals surface area contributed by atoms with E-state index in [1.807, 2.05) is 0 Å². The van der Waals surface area contributed by atoms with E-state index in [1.165, 1.54) is 22.5 Å². The number of nitrogens with one attached hydrogen (secondary N) is 1. The van der Waals surface area contributed by atoms with Gasteiger partial charge in [0.15, 0.2) is 0 Å². The topological polar surface area (TPSA) is 66.5 Å². The van der Waals surface area contributed by atoms with Gasteiger partial charge in [-0.25, -0.2) is 17.1 Å². The van der Waals surface area contributed by atoms with Gasteiger partial charge in [0.25, 0.3) is 0 Å². The summed E-state index contributed by atoms with van der Waals surface area (Å²) in [4.78, 5) is 11.5. The minimum Gasteiger partial charge on any atom is -0.359 e. The maximum atomic E-state index is 13.6. The molecule has 1 aromatic carbocycles. The average molecular weight is 314 g/mol. The van der Waals surface area contributed by atoms with E-state index in [0.717, 1.165) is 0 Å². The SMILES string of the molecule is CNC(=O)C1CCN(S(=O)(=O)Cc2ccccc2F)CC1. The van der Waals surface area contributed by atoms with Crippen molar-refractivity contribution in [3.05, 3.63) is 35.6 Å². The molecule has 1 aliphatic heterocycles. The zero-order chi connectivity index (χ0) is 15.5. The zero-order valence-corrected chi connectivity index (χ0v) is 12.7. The first-order valence-corrected chi connectivity index (χ1v) is 8.48. The number of rotatable bonds is 4. The molecule has 21 heavy (non-hydrogen) atoms. The monoisotopic (exact) mass is 314 g/mol. The van der Waals surface area contributed by atoms with Gasteiger partial charge in [-0.1, -0.05) is 18.2 Å². The number of carbonyl (C=O) groups is 1. The highest BCUT2D eigenvalue weighted by Crippen LogP contribution is 2.22. The molecule has 0 aromatic heterocycles. The third-order valence-corrected chi connectivity index (χ3v) is 5.59. The number of halogens is 1. The number of hydrogen-bond donors (Lipinski definition) is 1. The number of piperidine rings is 1. The van der Waals surface area contributed by atoms with Gasteiger partial charge >= 0.3 is 0 Å². The summed E-state index contributed by atoms with van der Waals surface area (Å²) >= 11 is 0. The predicted octanol–water partition coefficient (Wildman–Crippen LogP) is 1.11. The minimum absolute atomic E-state index is 0.0545. The van der Waals surface area contributed by atoms with Crippen molar-refractivity contribution in [1.29, 1.82) is 0 Å². The molecule has 1 amide bonds. The van der Waals surface area contributed by atoms with Gasteiger partial charge in [0.2, 0.25) is 15.9 Å². The lowest BCUT2D eigenvalue weighted by atomic mass is 9.97. The molecular formula is C14H19FN2O3S. The molecule has 0 atom stereocenters. The Morgan fingerprint density at radius 3 is 2.52 bits per heavy atom. The Labute approximate surface area is 124 Å². The number of nitrogens with zero attached hydrogens (tertiary/aromatic N) is 1. The average Bonchev–Trinajstić information content (AvgIpc) is 2.49. The molecule has 1 fully saturated rings. The lowest BCUT2D eigenvalue weighted by Crippen LogP contribution is -2.42. The predicted molar refractivity (Wildman–Crippen MR) is 77.4 cm³/mol. The van der Waals surface area contributed by atoms with Crippen LogP contribution in [0.2, 0.25) is 0 Å². The van der Waals surface area contributed by atoms with Crippen molar-refractivity contribution in [3.8, 4) is 0 Å². The van der Waals surface area contributed by atoms with Gasteiger partial charge < -0.3 is 5.32 Å². The van der Waals surface area contributed by atoms with E-state index in [9.17, 15) is 17.6 Å². The van der Waals surface area contributed by atoms with E-state index in [2.05, 4.69) is 5.32 Å². The van der Waals surface area contributed by atoms with E-state index in [1.54, 1.807) is 13.1 Å². The van der Waals surface area contributed by atoms with Gasteiger partial charge in [-0.2, -0.15) is 0 Å². The molecule has 0 unspecified atom stereocenters. The van der Waals surface area contributed by atoms with E-state index in [0.29, 0.717) is 25.9 Å². The summed E-state index contributed by atoms with van der Waals surface area (Å²) in [5.41, 5.74) is 0.172. The first kappa shape index (κ1) is 15.9. The van der Waals surface area contributed by atoms with Crippen molar-refractivity contribution < 1.29 is 17.6 Å². The smallest absolute Gasteiger partial charge is 0.222 e. The maximum Gasteiger partial charge on any atom is 0.222 e. The van der Waals surface area contributed by atoms with Gasteiger partial charge in [0.05, 0.1) is 5.75 Å². The number of sulfonamides is 1. The molecule has 0 radical (unpaired) electrons. The fourth-order valence-corrected chi connectivity index (χ4v) is 4.08. The summed E-state index contributed by atoms with van der Waals surface area (Å²) in [6.07, 6.45) is 0.992. The molecule has 7 heteroatoms. The van der Waals surface area contributed by atoms with Crippen molar-refractivity contribution in [2.24, 2.45) is 5.92 Å². The van der Waals surface area contributed by atoms with Crippen LogP contribution in [0.5, 0.6) is 0 Å². The zero-order valence-electron chi connectivity index (χ0n) is 11.9. The molecule has 0 bridgehead atoms. The third kappa shape index (κ3) is 3.79. The first-order valence-electron chi connectivity index (χ1n) is 6.87. The number of hydrogen-bond acceptors (Lipinski definition) is 3. The van der Waals surface area contributed by atoms with Crippen LogP contribution in [0.4, 0.5) is 4.39 Å². The summed E-state index contributed by atoms with van der Waals surface area (Å²) in [6, 6.07) is 5.87. The molecule has 1 heterocycles. The van der Waals surface area contributed by atoms with Crippen LogP contribution >= 0.6 is 0 Å². The van der Waals surface area contributed by atoms with Crippen molar-refractivity contribution in [3.63, 3.8) is 0 Å². The molecule has 0 spiro atoms. The Morgan fingerprint density at radius 1 is 1.33 bits per heavy atom. The highest BCUT2D eigenvalue weighted by atomic mass is 32.2. The fourth-order valence-electron chi connectivity index (χ4n) is 2.50. The van der Waals surface area contributed by atoms with Crippen LogP contribution in [-0.4, -0.2) is 38.8 Å². The maximum absolute atomic E-state index is 13.6. The second kappa shape index (κ2) is 6.53. The van der Waals surface area contributed by atoms with Gasteiger partial charge in [-0.05, 0) is 18.9 Å². The second-order valence-electron chi connectivity index (χ2n) is 5.14. The molecule has 1 aromatic rings. The molecular weight excluding hydrogens is 295 g/mol. The number of carbonyl (C=O) groups excluding carboxylic acids is 1. The Morgan fingerprint density at radius 2 is 1.95 bits per heavy atom. The van der Waals surface area contributed by atoms with Crippen LogP contribution in [0.25, 0.3) is 0 Å². The number of benzene rings is 1. The first-order chi connectivity index (χ1) is 9.94. The summed E-state index contributed by atoms with van der Waals surface area (Å²) in [5.74, 6) is -1.05. The van der Waals surface area contributed by atoms with Crippen molar-refractivity contribution in [2.75, 3.05) is 20.1 Å². The molecule has 0 aliphatic carbocycles. The number of amides is 1. The third-order valence-electron chi connectivity index (χ3n) is 3.76. The second-order valence-corrected chi connectivity index (χ2v) is 7.10. The molecule has 5 nitrogen and oxygen atoms in total. The van der Waals surface area contributed by atoms with Crippen LogP contribution < -0.4 is 5.32 Å². The van der Waals surface area contributed by atoms with Crippen LogP contribution in [0.1, 0.15) is 18.4 Å². The lowest BCUT2D eigenvalue weighted by molar-refractivity contribution is -0.125.